The summed E-state index contributed by atoms with van der Waals surface area (Å²) in [5.41, 5.74) is 0.0136. The Balaban J connectivity index is 2.03. The van der Waals surface area contributed by atoms with E-state index in [1.54, 1.807) is 24.3 Å². The smallest absolute Gasteiger partial charge is 0.276 e. The fourth-order valence-corrected chi connectivity index (χ4v) is 2.35. The molecular weight excluding hydrogens is 296 g/mol. The van der Waals surface area contributed by atoms with E-state index in [-0.39, 0.29) is 18.9 Å². The molecule has 1 heterocycles. The van der Waals surface area contributed by atoms with Crippen molar-refractivity contribution in [3.8, 4) is 5.75 Å². The number of nitrogens with zero attached hydrogens (tertiary/aromatic N) is 1. The number of likely N-dealkylation sites (N-methyl/N-ethyl adjacent to an activating group) is 1. The third-order valence-electron chi connectivity index (χ3n) is 3.55. The van der Waals surface area contributed by atoms with Gasteiger partial charge >= 0.3 is 0 Å². The van der Waals surface area contributed by atoms with E-state index in [4.69, 9.17) is 4.74 Å². The molecule has 124 valence electrons. The standard InChI is InChI=1S/C17H22N2O4/c1-12(2)8-9-23-14-6-4-13(5-7-14)10-17(22)16(21)19(3)11-15(20)18-17/h4-8,22H,9-11H2,1-3H3,(H,18,20)/t17-/m1/s1. The average molecular weight is 318 g/mol. The van der Waals surface area contributed by atoms with Crippen molar-refractivity contribution in [1.29, 1.82) is 0 Å². The summed E-state index contributed by atoms with van der Waals surface area (Å²) in [5.74, 6) is -0.188. The Morgan fingerprint density at radius 1 is 1.35 bits per heavy atom. The van der Waals surface area contributed by atoms with E-state index in [0.29, 0.717) is 12.4 Å². The van der Waals surface area contributed by atoms with Crippen molar-refractivity contribution in [1.82, 2.24) is 10.2 Å². The van der Waals surface area contributed by atoms with E-state index in [0.717, 1.165) is 5.56 Å². The minimum atomic E-state index is -1.89. The molecule has 6 heteroatoms. The zero-order chi connectivity index (χ0) is 17.0. The second kappa shape index (κ2) is 6.83. The third-order valence-corrected chi connectivity index (χ3v) is 3.55. The highest BCUT2D eigenvalue weighted by Crippen LogP contribution is 2.19. The summed E-state index contributed by atoms with van der Waals surface area (Å²) >= 11 is 0. The van der Waals surface area contributed by atoms with Crippen molar-refractivity contribution >= 4 is 11.8 Å². The van der Waals surface area contributed by atoms with Gasteiger partial charge in [0.2, 0.25) is 11.6 Å². The topological polar surface area (TPSA) is 78.9 Å². The number of hydrogen-bond donors (Lipinski definition) is 2. The fourth-order valence-electron chi connectivity index (χ4n) is 2.35. The lowest BCUT2D eigenvalue weighted by Crippen LogP contribution is -2.66. The number of piperazine rings is 1. The van der Waals surface area contributed by atoms with Crippen LogP contribution in [0, 0.1) is 0 Å². The summed E-state index contributed by atoms with van der Waals surface area (Å²) in [4.78, 5) is 24.9. The maximum atomic E-state index is 12.1. The Labute approximate surface area is 135 Å². The highest BCUT2D eigenvalue weighted by atomic mass is 16.5. The molecule has 0 aromatic heterocycles. The number of carbonyl (C=O) groups excluding carboxylic acids is 2. The molecule has 2 rings (SSSR count). The normalized spacial score (nSPS) is 21.0. The van der Waals surface area contributed by atoms with Crippen molar-refractivity contribution in [2.24, 2.45) is 0 Å². The SMILES string of the molecule is CC(C)=CCOc1ccc(C[C@]2(O)NC(=O)CN(C)C2=O)cc1. The lowest BCUT2D eigenvalue weighted by Gasteiger charge is -2.36. The van der Waals surface area contributed by atoms with Gasteiger partial charge in [-0.3, -0.25) is 9.59 Å². The van der Waals surface area contributed by atoms with Gasteiger partial charge < -0.3 is 20.1 Å². The molecule has 1 aliphatic heterocycles. The second-order valence-corrected chi connectivity index (χ2v) is 5.98. The summed E-state index contributed by atoms with van der Waals surface area (Å²) in [7, 11) is 1.49. The van der Waals surface area contributed by atoms with Gasteiger partial charge in [-0.2, -0.15) is 0 Å². The Hall–Kier alpha value is -2.34. The minimum Gasteiger partial charge on any atom is -0.490 e. The summed E-state index contributed by atoms with van der Waals surface area (Å²) in [5, 5.41) is 12.8. The monoisotopic (exact) mass is 318 g/mol. The number of amides is 2. The van der Waals surface area contributed by atoms with Crippen LogP contribution in [0.3, 0.4) is 0 Å². The summed E-state index contributed by atoms with van der Waals surface area (Å²) in [6.07, 6.45) is 1.98. The van der Waals surface area contributed by atoms with Crippen LogP contribution in [0.1, 0.15) is 19.4 Å². The number of ether oxygens (including phenoxy) is 1. The summed E-state index contributed by atoms with van der Waals surface area (Å²) < 4.78 is 5.56. The molecule has 1 aromatic rings. The Morgan fingerprint density at radius 3 is 2.61 bits per heavy atom. The molecule has 2 N–H and O–H groups in total. The van der Waals surface area contributed by atoms with Gasteiger partial charge in [-0.25, -0.2) is 0 Å². The zero-order valence-electron chi connectivity index (χ0n) is 13.6. The number of aliphatic hydroxyl groups is 1. The van der Waals surface area contributed by atoms with Crippen molar-refractivity contribution in [3.05, 3.63) is 41.5 Å². The van der Waals surface area contributed by atoms with Crippen LogP contribution in [0.15, 0.2) is 35.9 Å². The Bertz CT molecular complexity index is 620. The highest BCUT2D eigenvalue weighted by molar-refractivity contribution is 5.96. The molecule has 1 saturated heterocycles. The number of hydrogen-bond acceptors (Lipinski definition) is 4. The lowest BCUT2D eigenvalue weighted by atomic mass is 9.99. The number of rotatable bonds is 5. The van der Waals surface area contributed by atoms with E-state index < -0.39 is 11.6 Å². The molecule has 1 fully saturated rings. The number of allylic oxidation sites excluding steroid dienone is 1. The fraction of sp³-hybridized carbons (Fsp3) is 0.412. The van der Waals surface area contributed by atoms with Gasteiger partial charge in [0.1, 0.15) is 12.4 Å². The largest absolute Gasteiger partial charge is 0.490 e. The van der Waals surface area contributed by atoms with Gasteiger partial charge in [0.25, 0.3) is 5.91 Å². The molecular formula is C17H22N2O4. The van der Waals surface area contributed by atoms with Gasteiger partial charge in [-0.05, 0) is 37.6 Å². The maximum Gasteiger partial charge on any atom is 0.276 e. The van der Waals surface area contributed by atoms with Crippen LogP contribution in [0.5, 0.6) is 5.75 Å². The first kappa shape index (κ1) is 17.0. The summed E-state index contributed by atoms with van der Waals surface area (Å²) in [6.45, 7) is 4.45. The van der Waals surface area contributed by atoms with E-state index >= 15 is 0 Å². The number of benzene rings is 1. The first-order valence-corrected chi connectivity index (χ1v) is 7.44. The van der Waals surface area contributed by atoms with Crippen LogP contribution in [-0.4, -0.2) is 47.7 Å². The second-order valence-electron chi connectivity index (χ2n) is 5.98. The molecule has 23 heavy (non-hydrogen) atoms. The number of carbonyl (C=O) groups is 2. The van der Waals surface area contributed by atoms with E-state index in [9.17, 15) is 14.7 Å². The number of nitrogens with one attached hydrogen (secondary N) is 1. The molecule has 0 unspecified atom stereocenters. The molecule has 0 aliphatic carbocycles. The van der Waals surface area contributed by atoms with Crippen molar-refractivity contribution in [2.45, 2.75) is 26.0 Å². The van der Waals surface area contributed by atoms with Gasteiger partial charge in [0, 0.05) is 13.5 Å². The molecule has 0 saturated carbocycles. The predicted molar refractivity (Wildman–Crippen MR) is 85.8 cm³/mol. The maximum absolute atomic E-state index is 12.1. The van der Waals surface area contributed by atoms with Crippen LogP contribution >= 0.6 is 0 Å². The predicted octanol–water partition coefficient (Wildman–Crippen LogP) is 0.851. The molecule has 1 aliphatic rings. The van der Waals surface area contributed by atoms with Crippen LogP contribution < -0.4 is 10.1 Å². The van der Waals surface area contributed by atoms with Crippen molar-refractivity contribution < 1.29 is 19.4 Å². The average Bonchev–Trinajstić information content (AvgIpc) is 2.46. The van der Waals surface area contributed by atoms with Crippen LogP contribution in [-0.2, 0) is 16.0 Å². The molecule has 2 amide bonds. The molecule has 6 nitrogen and oxygen atoms in total. The van der Waals surface area contributed by atoms with E-state index in [1.807, 2.05) is 19.9 Å². The van der Waals surface area contributed by atoms with Crippen LogP contribution in [0.25, 0.3) is 0 Å². The first-order valence-electron chi connectivity index (χ1n) is 7.44. The molecule has 0 spiro atoms. The van der Waals surface area contributed by atoms with Crippen molar-refractivity contribution in [2.75, 3.05) is 20.2 Å². The Morgan fingerprint density at radius 2 is 2.00 bits per heavy atom. The third kappa shape index (κ3) is 4.32. The zero-order valence-corrected chi connectivity index (χ0v) is 13.6. The molecule has 0 radical (unpaired) electrons. The lowest BCUT2D eigenvalue weighted by molar-refractivity contribution is -0.165. The molecule has 1 atom stereocenters. The minimum absolute atomic E-state index is 0.0101. The first-order chi connectivity index (χ1) is 10.8. The van der Waals surface area contributed by atoms with Crippen LogP contribution in [0.2, 0.25) is 0 Å². The van der Waals surface area contributed by atoms with Gasteiger partial charge in [-0.1, -0.05) is 17.7 Å². The molecule has 1 aromatic carbocycles. The highest BCUT2D eigenvalue weighted by Gasteiger charge is 2.44. The van der Waals surface area contributed by atoms with Gasteiger partial charge in [0.05, 0.1) is 6.54 Å². The summed E-state index contributed by atoms with van der Waals surface area (Å²) in [6, 6.07) is 7.08. The van der Waals surface area contributed by atoms with Crippen molar-refractivity contribution in [3.63, 3.8) is 0 Å². The van der Waals surface area contributed by atoms with E-state index in [2.05, 4.69) is 5.32 Å². The van der Waals surface area contributed by atoms with Gasteiger partial charge in [-0.15, -0.1) is 0 Å². The molecule has 0 bridgehead atoms. The van der Waals surface area contributed by atoms with Crippen LogP contribution in [0.4, 0.5) is 0 Å². The van der Waals surface area contributed by atoms with Gasteiger partial charge in [0.15, 0.2) is 0 Å². The Kier molecular flexibility index (Phi) is 5.05. The quantitative estimate of drug-likeness (QED) is 0.789. The van der Waals surface area contributed by atoms with E-state index in [1.165, 1.54) is 17.5 Å².